The summed E-state index contributed by atoms with van der Waals surface area (Å²) in [5, 5.41) is 2.70. The fourth-order valence-corrected chi connectivity index (χ4v) is 4.15. The second kappa shape index (κ2) is 9.13. The van der Waals surface area contributed by atoms with Crippen LogP contribution in [0.4, 0.5) is 18.9 Å². The minimum absolute atomic E-state index is 0.0641. The zero-order valence-corrected chi connectivity index (χ0v) is 17.9. The number of ether oxygens (including phenoxy) is 1. The first-order chi connectivity index (χ1) is 13.8. The molecular weight excluding hydrogens is 445 g/mol. The maximum Gasteiger partial charge on any atom is 0.416 e. The number of benzene rings is 2. The first kappa shape index (κ1) is 23.8. The van der Waals surface area contributed by atoms with Crippen LogP contribution in [0.5, 0.6) is 5.75 Å². The van der Waals surface area contributed by atoms with Crippen molar-refractivity contribution in [2.24, 2.45) is 0 Å². The van der Waals surface area contributed by atoms with Crippen molar-refractivity contribution in [1.29, 1.82) is 0 Å². The van der Waals surface area contributed by atoms with Gasteiger partial charge in [0.05, 0.1) is 24.6 Å². The third-order valence-electron chi connectivity index (χ3n) is 4.19. The van der Waals surface area contributed by atoms with Gasteiger partial charge in [-0.1, -0.05) is 23.7 Å². The quantitative estimate of drug-likeness (QED) is 0.675. The molecule has 0 bridgehead atoms. The van der Waals surface area contributed by atoms with Gasteiger partial charge in [0.2, 0.25) is 15.9 Å². The van der Waals surface area contributed by atoms with Crippen molar-refractivity contribution in [3.05, 3.63) is 58.6 Å². The third-order valence-corrected chi connectivity index (χ3v) is 5.65. The van der Waals surface area contributed by atoms with Crippen LogP contribution in [0.1, 0.15) is 18.1 Å². The summed E-state index contributed by atoms with van der Waals surface area (Å²) in [5.41, 5.74) is -0.561. The molecule has 11 heteroatoms. The Morgan fingerprint density at radius 2 is 1.90 bits per heavy atom. The number of alkyl halides is 3. The molecule has 164 valence electrons. The van der Waals surface area contributed by atoms with E-state index in [0.29, 0.717) is 0 Å². The lowest BCUT2D eigenvalue weighted by molar-refractivity contribution is -0.137. The van der Waals surface area contributed by atoms with Crippen molar-refractivity contribution in [1.82, 2.24) is 5.32 Å². The Morgan fingerprint density at radius 1 is 1.23 bits per heavy atom. The Kier molecular flexibility index (Phi) is 7.25. The van der Waals surface area contributed by atoms with Crippen LogP contribution in [0.3, 0.4) is 0 Å². The highest BCUT2D eigenvalue weighted by Crippen LogP contribution is 2.34. The molecule has 0 aliphatic rings. The van der Waals surface area contributed by atoms with Gasteiger partial charge in [0.25, 0.3) is 0 Å². The average Bonchev–Trinajstić information content (AvgIpc) is 2.65. The van der Waals surface area contributed by atoms with Gasteiger partial charge in [0.15, 0.2) is 0 Å². The zero-order valence-electron chi connectivity index (χ0n) is 16.3. The van der Waals surface area contributed by atoms with E-state index in [4.69, 9.17) is 16.3 Å². The zero-order chi connectivity index (χ0) is 22.7. The molecule has 0 saturated carbocycles. The lowest BCUT2D eigenvalue weighted by Crippen LogP contribution is -2.47. The Morgan fingerprint density at radius 3 is 2.47 bits per heavy atom. The monoisotopic (exact) mass is 464 g/mol. The fourth-order valence-electron chi connectivity index (χ4n) is 2.81. The molecule has 1 N–H and O–H groups in total. The van der Waals surface area contributed by atoms with Crippen molar-refractivity contribution < 1.29 is 31.1 Å². The summed E-state index contributed by atoms with van der Waals surface area (Å²) in [6.45, 7) is 1.14. The molecule has 30 heavy (non-hydrogen) atoms. The van der Waals surface area contributed by atoms with E-state index < -0.39 is 33.7 Å². The number of hydrogen-bond donors (Lipinski definition) is 1. The number of rotatable bonds is 7. The maximum absolute atomic E-state index is 12.8. The van der Waals surface area contributed by atoms with Gasteiger partial charge < -0.3 is 10.1 Å². The molecule has 0 aliphatic carbocycles. The lowest BCUT2D eigenvalue weighted by Gasteiger charge is -2.29. The van der Waals surface area contributed by atoms with Crippen LogP contribution in [-0.2, 0) is 27.5 Å². The van der Waals surface area contributed by atoms with Gasteiger partial charge in [0.1, 0.15) is 11.8 Å². The second-order valence-corrected chi connectivity index (χ2v) is 8.76. The van der Waals surface area contributed by atoms with Crippen LogP contribution in [0.2, 0.25) is 5.02 Å². The number of methoxy groups -OCH3 is 1. The number of anilines is 1. The molecule has 0 radical (unpaired) electrons. The SMILES string of the molecule is COc1ccc(Cl)cc1N([C@H](C)C(=O)NCc1cccc(C(F)(F)F)c1)S(C)(=O)=O. The van der Waals surface area contributed by atoms with E-state index in [-0.39, 0.29) is 28.6 Å². The van der Waals surface area contributed by atoms with Crippen molar-refractivity contribution in [3.8, 4) is 5.75 Å². The molecule has 0 saturated heterocycles. The first-order valence-corrected chi connectivity index (χ1v) is 10.8. The third kappa shape index (κ3) is 5.79. The molecule has 0 fully saturated rings. The van der Waals surface area contributed by atoms with Crippen molar-refractivity contribution in [3.63, 3.8) is 0 Å². The smallest absolute Gasteiger partial charge is 0.416 e. The Bertz CT molecular complexity index is 1030. The fraction of sp³-hybridized carbons (Fsp3) is 0.316. The van der Waals surface area contributed by atoms with Crippen LogP contribution in [-0.4, -0.2) is 33.7 Å². The normalized spacial score (nSPS) is 12.9. The number of amides is 1. The number of nitrogens with zero attached hydrogens (tertiary/aromatic N) is 1. The topological polar surface area (TPSA) is 75.7 Å². The standard InChI is InChI=1S/C19H20ClF3N2O4S/c1-12(18(26)24-11-13-5-4-6-14(9-13)19(21,22)23)25(30(3,27)28)16-10-15(20)7-8-17(16)29-2/h4-10,12H,11H2,1-3H3,(H,24,26)/t12-/m1/s1. The van der Waals surface area contributed by atoms with Gasteiger partial charge in [-0.25, -0.2) is 8.42 Å². The van der Waals surface area contributed by atoms with E-state index in [1.54, 1.807) is 0 Å². The number of sulfonamides is 1. The molecule has 0 unspecified atom stereocenters. The van der Waals surface area contributed by atoms with Crippen LogP contribution in [0, 0.1) is 0 Å². The molecule has 0 heterocycles. The minimum atomic E-state index is -4.51. The summed E-state index contributed by atoms with van der Waals surface area (Å²) < 4.78 is 69.4. The van der Waals surface area contributed by atoms with E-state index in [0.717, 1.165) is 22.7 Å². The number of halogens is 4. The molecule has 2 aromatic carbocycles. The summed E-state index contributed by atoms with van der Waals surface area (Å²) in [6, 6.07) is 7.58. The van der Waals surface area contributed by atoms with Gasteiger partial charge in [0, 0.05) is 11.6 Å². The molecule has 0 aromatic heterocycles. The van der Waals surface area contributed by atoms with Gasteiger partial charge in [-0.15, -0.1) is 0 Å². The van der Waals surface area contributed by atoms with Gasteiger partial charge in [-0.2, -0.15) is 13.2 Å². The summed E-state index contributed by atoms with van der Waals surface area (Å²) >= 11 is 5.98. The molecule has 1 atom stereocenters. The Balaban J connectivity index is 2.27. The molecule has 2 rings (SSSR count). The van der Waals surface area contributed by atoms with Gasteiger partial charge in [-0.3, -0.25) is 9.10 Å². The summed E-state index contributed by atoms with van der Waals surface area (Å²) in [6.07, 6.45) is -3.59. The average molecular weight is 465 g/mol. The van der Waals surface area contributed by atoms with Crippen molar-refractivity contribution >= 4 is 33.2 Å². The highest BCUT2D eigenvalue weighted by Gasteiger charge is 2.32. The predicted octanol–water partition coefficient (Wildman–Crippen LogP) is 3.84. The Labute approximate surface area is 177 Å². The van der Waals surface area contributed by atoms with E-state index in [9.17, 15) is 26.4 Å². The number of carbonyl (C=O) groups excluding carboxylic acids is 1. The van der Waals surface area contributed by atoms with E-state index in [1.165, 1.54) is 44.4 Å². The van der Waals surface area contributed by atoms with Gasteiger partial charge >= 0.3 is 6.18 Å². The van der Waals surface area contributed by atoms with E-state index >= 15 is 0 Å². The van der Waals surface area contributed by atoms with Gasteiger partial charge in [-0.05, 0) is 42.8 Å². The van der Waals surface area contributed by atoms with E-state index in [2.05, 4.69) is 5.32 Å². The summed E-state index contributed by atoms with van der Waals surface area (Å²) in [7, 11) is -2.60. The molecule has 6 nitrogen and oxygen atoms in total. The molecule has 0 aliphatic heterocycles. The predicted molar refractivity (Wildman–Crippen MR) is 108 cm³/mol. The number of carbonyl (C=O) groups is 1. The first-order valence-electron chi connectivity index (χ1n) is 8.61. The van der Waals surface area contributed by atoms with Crippen LogP contribution >= 0.6 is 11.6 Å². The van der Waals surface area contributed by atoms with Crippen LogP contribution in [0.25, 0.3) is 0 Å². The number of nitrogens with one attached hydrogen (secondary N) is 1. The number of hydrogen-bond acceptors (Lipinski definition) is 4. The molecular formula is C19H20ClF3N2O4S. The highest BCUT2D eigenvalue weighted by atomic mass is 35.5. The molecule has 1 amide bonds. The summed E-state index contributed by atoms with van der Waals surface area (Å²) in [4.78, 5) is 12.6. The van der Waals surface area contributed by atoms with Crippen molar-refractivity contribution in [2.45, 2.75) is 25.7 Å². The Hall–Kier alpha value is -2.46. The van der Waals surface area contributed by atoms with Crippen LogP contribution < -0.4 is 14.4 Å². The largest absolute Gasteiger partial charge is 0.495 e. The second-order valence-electron chi connectivity index (χ2n) is 6.47. The minimum Gasteiger partial charge on any atom is -0.495 e. The van der Waals surface area contributed by atoms with Crippen LogP contribution in [0.15, 0.2) is 42.5 Å². The maximum atomic E-state index is 12.8. The highest BCUT2D eigenvalue weighted by molar-refractivity contribution is 7.92. The van der Waals surface area contributed by atoms with Crippen molar-refractivity contribution in [2.75, 3.05) is 17.7 Å². The summed E-state index contributed by atoms with van der Waals surface area (Å²) in [5.74, 6) is -0.526. The van der Waals surface area contributed by atoms with E-state index in [1.807, 2.05) is 0 Å². The molecule has 2 aromatic rings. The molecule has 0 spiro atoms. The lowest BCUT2D eigenvalue weighted by atomic mass is 10.1.